The van der Waals surface area contributed by atoms with Gasteiger partial charge in [0.1, 0.15) is 11.6 Å². The fraction of sp³-hybridized carbons (Fsp3) is 0.0625. The highest BCUT2D eigenvalue weighted by Gasteiger charge is 2.06. The topological polar surface area (TPSA) is 62.7 Å². The van der Waals surface area contributed by atoms with Gasteiger partial charge < -0.3 is 10.6 Å². The first kappa shape index (κ1) is 14.8. The second kappa shape index (κ2) is 6.35. The van der Waals surface area contributed by atoms with Crippen LogP contribution in [-0.2, 0) is 0 Å². The average molecular weight is 313 g/mol. The molecule has 0 aliphatic rings. The Bertz CT molecular complexity index is 838. The lowest BCUT2D eigenvalue weighted by atomic mass is 10.2. The predicted molar refractivity (Wildman–Crippen MR) is 83.9 cm³/mol. The van der Waals surface area contributed by atoms with Gasteiger partial charge in [0.25, 0.3) is 0 Å². The van der Waals surface area contributed by atoms with E-state index in [0.29, 0.717) is 5.82 Å². The summed E-state index contributed by atoms with van der Waals surface area (Å²) in [6.07, 6.45) is 1.35. The van der Waals surface area contributed by atoms with Crippen LogP contribution in [-0.4, -0.2) is 15.2 Å². The summed E-state index contributed by atoms with van der Waals surface area (Å²) in [4.78, 5) is 4.20. The number of rotatable bonds is 4. The van der Waals surface area contributed by atoms with Crippen molar-refractivity contribution in [2.45, 2.75) is 6.92 Å². The second-order valence-electron chi connectivity index (χ2n) is 4.91. The van der Waals surface area contributed by atoms with Gasteiger partial charge in [0.15, 0.2) is 5.82 Å². The van der Waals surface area contributed by atoms with Crippen molar-refractivity contribution in [1.82, 2.24) is 15.2 Å². The first-order valence-corrected chi connectivity index (χ1v) is 6.86. The van der Waals surface area contributed by atoms with Crippen LogP contribution in [0.2, 0.25) is 0 Å². The van der Waals surface area contributed by atoms with Crippen molar-refractivity contribution in [1.29, 1.82) is 0 Å². The van der Waals surface area contributed by atoms with Gasteiger partial charge in [0.05, 0.1) is 11.9 Å². The fourth-order valence-electron chi connectivity index (χ4n) is 2.00. The van der Waals surface area contributed by atoms with Crippen LogP contribution in [0.5, 0.6) is 0 Å². The molecule has 1 heterocycles. The van der Waals surface area contributed by atoms with E-state index in [0.717, 1.165) is 23.4 Å². The molecule has 23 heavy (non-hydrogen) atoms. The van der Waals surface area contributed by atoms with E-state index in [-0.39, 0.29) is 11.6 Å². The zero-order valence-corrected chi connectivity index (χ0v) is 12.2. The first-order chi connectivity index (χ1) is 11.1. The highest BCUT2D eigenvalue weighted by molar-refractivity contribution is 5.59. The zero-order valence-electron chi connectivity index (χ0n) is 12.2. The summed E-state index contributed by atoms with van der Waals surface area (Å²) < 4.78 is 26.6. The van der Waals surface area contributed by atoms with Crippen LogP contribution < -0.4 is 10.6 Å². The lowest BCUT2D eigenvalue weighted by Gasteiger charge is -2.08. The largest absolute Gasteiger partial charge is 0.336 e. The van der Waals surface area contributed by atoms with Crippen LogP contribution in [0.3, 0.4) is 0 Å². The summed E-state index contributed by atoms with van der Waals surface area (Å²) >= 11 is 0. The van der Waals surface area contributed by atoms with Crippen molar-refractivity contribution in [2.24, 2.45) is 0 Å². The Balaban J connectivity index is 1.79. The van der Waals surface area contributed by atoms with E-state index in [4.69, 9.17) is 0 Å². The summed E-state index contributed by atoms with van der Waals surface area (Å²) in [5.41, 5.74) is 2.01. The van der Waals surface area contributed by atoms with Gasteiger partial charge in [-0.15, -0.1) is 5.10 Å². The highest BCUT2D eigenvalue weighted by atomic mass is 19.1. The molecule has 0 spiro atoms. The minimum Gasteiger partial charge on any atom is -0.336 e. The molecular formula is C16H13F2N5. The summed E-state index contributed by atoms with van der Waals surface area (Å²) in [6.45, 7) is 1.97. The maximum Gasteiger partial charge on any atom is 0.249 e. The van der Waals surface area contributed by atoms with Gasteiger partial charge in [-0.1, -0.05) is 12.1 Å². The van der Waals surface area contributed by atoms with Gasteiger partial charge in [-0.05, 0) is 36.8 Å². The molecule has 2 aromatic carbocycles. The molecule has 0 atom stereocenters. The highest BCUT2D eigenvalue weighted by Crippen LogP contribution is 2.20. The maximum absolute atomic E-state index is 13.6. The van der Waals surface area contributed by atoms with E-state index in [2.05, 4.69) is 25.8 Å². The molecule has 3 rings (SSSR count). The fourth-order valence-corrected chi connectivity index (χ4v) is 2.00. The van der Waals surface area contributed by atoms with Gasteiger partial charge in [-0.3, -0.25) is 0 Å². The Hall–Kier alpha value is -3.09. The molecule has 0 saturated heterocycles. The van der Waals surface area contributed by atoms with E-state index in [1.807, 2.05) is 31.2 Å². The number of anilines is 4. The van der Waals surface area contributed by atoms with Gasteiger partial charge in [0, 0.05) is 11.8 Å². The molecule has 0 aliphatic carbocycles. The molecule has 1 aromatic heterocycles. The Morgan fingerprint density at radius 3 is 2.65 bits per heavy atom. The first-order valence-electron chi connectivity index (χ1n) is 6.86. The lowest BCUT2D eigenvalue weighted by Crippen LogP contribution is -2.03. The Morgan fingerprint density at radius 2 is 1.87 bits per heavy atom. The normalized spacial score (nSPS) is 10.4. The Kier molecular flexibility index (Phi) is 4.09. The van der Waals surface area contributed by atoms with Gasteiger partial charge in [0.2, 0.25) is 5.95 Å². The number of nitrogens with one attached hydrogen (secondary N) is 2. The molecule has 3 aromatic rings. The minimum absolute atomic E-state index is 0.105. The van der Waals surface area contributed by atoms with Crippen LogP contribution in [0.25, 0.3) is 0 Å². The molecule has 0 amide bonds. The molecule has 2 N–H and O–H groups in total. The summed E-state index contributed by atoms with van der Waals surface area (Å²) in [5.74, 6) is -0.795. The van der Waals surface area contributed by atoms with E-state index < -0.39 is 11.6 Å². The van der Waals surface area contributed by atoms with Crippen molar-refractivity contribution in [3.8, 4) is 0 Å². The third-order valence-corrected chi connectivity index (χ3v) is 3.03. The molecule has 0 aliphatic heterocycles. The van der Waals surface area contributed by atoms with E-state index in [9.17, 15) is 8.78 Å². The van der Waals surface area contributed by atoms with Gasteiger partial charge in [-0.25, -0.2) is 8.78 Å². The molecule has 0 saturated carbocycles. The van der Waals surface area contributed by atoms with Crippen LogP contribution in [0.15, 0.2) is 48.7 Å². The number of nitrogens with zero attached hydrogens (tertiary/aromatic N) is 3. The molecule has 7 heteroatoms. The van der Waals surface area contributed by atoms with Crippen LogP contribution >= 0.6 is 0 Å². The number of hydrogen-bond donors (Lipinski definition) is 2. The number of hydrogen-bond acceptors (Lipinski definition) is 5. The van der Waals surface area contributed by atoms with Crippen molar-refractivity contribution in [3.05, 3.63) is 65.9 Å². The van der Waals surface area contributed by atoms with Crippen molar-refractivity contribution in [3.63, 3.8) is 0 Å². The molecule has 0 bridgehead atoms. The van der Waals surface area contributed by atoms with Crippen LogP contribution in [0, 0.1) is 18.6 Å². The number of aryl methyl sites for hydroxylation is 1. The monoisotopic (exact) mass is 313 g/mol. The van der Waals surface area contributed by atoms with Crippen molar-refractivity contribution < 1.29 is 8.78 Å². The van der Waals surface area contributed by atoms with Crippen LogP contribution in [0.1, 0.15) is 5.56 Å². The summed E-state index contributed by atoms with van der Waals surface area (Å²) in [6, 6.07) is 10.9. The summed E-state index contributed by atoms with van der Waals surface area (Å²) in [5, 5.41) is 13.4. The third-order valence-electron chi connectivity index (χ3n) is 3.03. The van der Waals surface area contributed by atoms with Crippen LogP contribution in [0.4, 0.5) is 31.9 Å². The minimum atomic E-state index is -0.711. The molecule has 116 valence electrons. The van der Waals surface area contributed by atoms with Gasteiger partial charge in [-0.2, -0.15) is 10.1 Å². The van der Waals surface area contributed by atoms with E-state index in [1.165, 1.54) is 12.3 Å². The SMILES string of the molecule is Cc1cccc(Nc2nncc(Nc3ccc(F)cc3F)n2)c1. The number of halogens is 2. The molecule has 0 fully saturated rings. The van der Waals surface area contributed by atoms with E-state index in [1.54, 1.807) is 0 Å². The molecule has 0 unspecified atom stereocenters. The summed E-state index contributed by atoms with van der Waals surface area (Å²) in [7, 11) is 0. The number of benzene rings is 2. The lowest BCUT2D eigenvalue weighted by molar-refractivity contribution is 0.586. The average Bonchev–Trinajstić information content (AvgIpc) is 2.51. The molecular weight excluding hydrogens is 300 g/mol. The Labute approximate surface area is 131 Å². The van der Waals surface area contributed by atoms with Crippen molar-refractivity contribution in [2.75, 3.05) is 10.6 Å². The second-order valence-corrected chi connectivity index (χ2v) is 4.91. The standard InChI is InChI=1S/C16H13F2N5/c1-10-3-2-4-12(7-10)20-16-22-15(9-19-23-16)21-14-6-5-11(17)8-13(14)18/h2-9H,1H3,(H2,20,21,22,23). The van der Waals surface area contributed by atoms with E-state index >= 15 is 0 Å². The smallest absolute Gasteiger partial charge is 0.249 e. The quantitative estimate of drug-likeness (QED) is 0.764. The molecule has 0 radical (unpaired) electrons. The third kappa shape index (κ3) is 3.76. The predicted octanol–water partition coefficient (Wildman–Crippen LogP) is 3.95. The molecule has 5 nitrogen and oxygen atoms in total. The van der Waals surface area contributed by atoms with Crippen molar-refractivity contribution >= 4 is 23.1 Å². The zero-order chi connectivity index (χ0) is 16.2. The van der Waals surface area contributed by atoms with Gasteiger partial charge >= 0.3 is 0 Å². The number of aromatic nitrogens is 3. The maximum atomic E-state index is 13.6. The Morgan fingerprint density at radius 1 is 1.00 bits per heavy atom.